The minimum atomic E-state index is -0.190. The van der Waals surface area contributed by atoms with E-state index in [2.05, 4.69) is 10.2 Å². The highest BCUT2D eigenvalue weighted by atomic mass is 32.2. The summed E-state index contributed by atoms with van der Waals surface area (Å²) in [5.74, 6) is 1.97. The van der Waals surface area contributed by atoms with Gasteiger partial charge in [0.1, 0.15) is 12.4 Å². The second-order valence-corrected chi connectivity index (χ2v) is 6.03. The number of nitrogens with zero attached hydrogens (tertiary/aromatic N) is 3. The molecular formula is C16H21N3O3S. The van der Waals surface area contributed by atoms with Crippen LogP contribution in [-0.4, -0.2) is 33.1 Å². The van der Waals surface area contributed by atoms with Crippen molar-refractivity contribution >= 4 is 17.7 Å². The van der Waals surface area contributed by atoms with Gasteiger partial charge in [-0.2, -0.15) is 0 Å². The Hall–Kier alpha value is -2.02. The Kier molecular flexibility index (Phi) is 6.46. The number of ether oxygens (including phenoxy) is 2. The average Bonchev–Trinajstić information content (AvgIpc) is 2.88. The third kappa shape index (κ3) is 5.28. The molecule has 0 fully saturated rings. The van der Waals surface area contributed by atoms with Crippen LogP contribution in [-0.2, 0) is 23.2 Å². The lowest BCUT2D eigenvalue weighted by molar-refractivity contribution is -0.142. The lowest BCUT2D eigenvalue weighted by Gasteiger charge is -2.07. The molecule has 0 aliphatic heterocycles. The Morgan fingerprint density at radius 3 is 2.70 bits per heavy atom. The first kappa shape index (κ1) is 17.3. The number of aromatic nitrogens is 3. The summed E-state index contributed by atoms with van der Waals surface area (Å²) in [6.45, 7) is 4.60. The van der Waals surface area contributed by atoms with Gasteiger partial charge in [-0.15, -0.1) is 10.2 Å². The van der Waals surface area contributed by atoms with E-state index < -0.39 is 0 Å². The van der Waals surface area contributed by atoms with Crippen molar-refractivity contribution in [2.45, 2.75) is 32.0 Å². The summed E-state index contributed by atoms with van der Waals surface area (Å²) >= 11 is 1.48. The van der Waals surface area contributed by atoms with Crippen molar-refractivity contribution < 1.29 is 14.3 Å². The fourth-order valence-corrected chi connectivity index (χ4v) is 2.69. The molecule has 2 aromatic rings. The molecule has 6 nitrogen and oxygen atoms in total. The SMILES string of the molecule is CCOC(=O)CCSc1nnc(COc2ccc(C)cc2)n1C. The van der Waals surface area contributed by atoms with Crippen molar-refractivity contribution in [2.75, 3.05) is 12.4 Å². The lowest BCUT2D eigenvalue weighted by Crippen LogP contribution is -2.06. The highest BCUT2D eigenvalue weighted by molar-refractivity contribution is 7.99. The molecule has 1 aromatic heterocycles. The Bertz CT molecular complexity index is 641. The molecule has 1 heterocycles. The normalized spacial score (nSPS) is 10.6. The highest BCUT2D eigenvalue weighted by Gasteiger charge is 2.11. The van der Waals surface area contributed by atoms with Crippen LogP contribution in [0, 0.1) is 6.92 Å². The summed E-state index contributed by atoms with van der Waals surface area (Å²) in [5.41, 5.74) is 1.19. The van der Waals surface area contributed by atoms with Crippen LogP contribution in [0.15, 0.2) is 29.4 Å². The van der Waals surface area contributed by atoms with Crippen molar-refractivity contribution in [1.29, 1.82) is 0 Å². The van der Waals surface area contributed by atoms with E-state index in [-0.39, 0.29) is 5.97 Å². The molecule has 0 saturated carbocycles. The van der Waals surface area contributed by atoms with Gasteiger partial charge in [0.2, 0.25) is 0 Å². The molecule has 0 bridgehead atoms. The standard InChI is InChI=1S/C16H21N3O3S/c1-4-21-15(20)9-10-23-16-18-17-14(19(16)3)11-22-13-7-5-12(2)6-8-13/h5-8H,4,9-11H2,1-3H3. The van der Waals surface area contributed by atoms with E-state index in [1.807, 2.05) is 42.8 Å². The van der Waals surface area contributed by atoms with E-state index in [0.29, 0.717) is 25.4 Å². The van der Waals surface area contributed by atoms with Gasteiger partial charge in [-0.25, -0.2) is 0 Å². The fourth-order valence-electron chi connectivity index (χ4n) is 1.84. The second kappa shape index (κ2) is 8.57. The molecule has 1 aromatic carbocycles. The zero-order valence-electron chi connectivity index (χ0n) is 13.6. The van der Waals surface area contributed by atoms with Crippen molar-refractivity contribution in [3.8, 4) is 5.75 Å². The van der Waals surface area contributed by atoms with Gasteiger partial charge in [0, 0.05) is 12.8 Å². The number of rotatable bonds is 8. The van der Waals surface area contributed by atoms with E-state index in [4.69, 9.17) is 9.47 Å². The number of thioether (sulfide) groups is 1. The maximum atomic E-state index is 11.3. The summed E-state index contributed by atoms with van der Waals surface area (Å²) in [6, 6.07) is 7.87. The van der Waals surface area contributed by atoms with Gasteiger partial charge in [0.25, 0.3) is 0 Å². The summed E-state index contributed by atoms with van der Waals surface area (Å²) in [5, 5.41) is 9.02. The van der Waals surface area contributed by atoms with Crippen LogP contribution in [0.1, 0.15) is 24.7 Å². The smallest absolute Gasteiger partial charge is 0.306 e. The Balaban J connectivity index is 1.84. The van der Waals surface area contributed by atoms with Crippen LogP contribution in [0.4, 0.5) is 0 Å². The fraction of sp³-hybridized carbons (Fsp3) is 0.438. The van der Waals surface area contributed by atoms with Gasteiger partial charge in [0.15, 0.2) is 11.0 Å². The van der Waals surface area contributed by atoms with Crippen LogP contribution in [0.5, 0.6) is 5.75 Å². The Morgan fingerprint density at radius 1 is 1.26 bits per heavy atom. The number of esters is 1. The molecular weight excluding hydrogens is 314 g/mol. The monoisotopic (exact) mass is 335 g/mol. The largest absolute Gasteiger partial charge is 0.486 e. The summed E-state index contributed by atoms with van der Waals surface area (Å²) < 4.78 is 12.5. The number of hydrogen-bond donors (Lipinski definition) is 0. The highest BCUT2D eigenvalue weighted by Crippen LogP contribution is 2.18. The molecule has 124 valence electrons. The molecule has 0 N–H and O–H groups in total. The van der Waals surface area contributed by atoms with Gasteiger partial charge < -0.3 is 14.0 Å². The zero-order chi connectivity index (χ0) is 16.7. The summed E-state index contributed by atoms with van der Waals surface area (Å²) in [4.78, 5) is 11.3. The molecule has 7 heteroatoms. The molecule has 0 amide bonds. The van der Waals surface area contributed by atoms with Crippen LogP contribution in [0.3, 0.4) is 0 Å². The van der Waals surface area contributed by atoms with Crippen LogP contribution in [0.2, 0.25) is 0 Å². The second-order valence-electron chi connectivity index (χ2n) is 4.96. The molecule has 0 aliphatic carbocycles. The first-order chi connectivity index (χ1) is 11.1. The Morgan fingerprint density at radius 2 is 2.00 bits per heavy atom. The van der Waals surface area contributed by atoms with Gasteiger partial charge >= 0.3 is 5.97 Å². The van der Waals surface area contributed by atoms with Crippen molar-refractivity contribution in [2.24, 2.45) is 7.05 Å². The number of hydrogen-bond acceptors (Lipinski definition) is 6. The first-order valence-electron chi connectivity index (χ1n) is 7.46. The lowest BCUT2D eigenvalue weighted by atomic mass is 10.2. The van der Waals surface area contributed by atoms with Gasteiger partial charge in [0.05, 0.1) is 13.0 Å². The van der Waals surface area contributed by atoms with Crippen molar-refractivity contribution in [3.05, 3.63) is 35.7 Å². The summed E-state index contributed by atoms with van der Waals surface area (Å²) in [7, 11) is 1.89. The van der Waals surface area contributed by atoms with Gasteiger partial charge in [-0.3, -0.25) is 4.79 Å². The minimum absolute atomic E-state index is 0.190. The van der Waals surface area contributed by atoms with Crippen LogP contribution < -0.4 is 4.74 Å². The minimum Gasteiger partial charge on any atom is -0.486 e. The molecule has 0 atom stereocenters. The van der Waals surface area contributed by atoms with Crippen molar-refractivity contribution in [3.63, 3.8) is 0 Å². The zero-order valence-corrected chi connectivity index (χ0v) is 14.4. The predicted octanol–water partition coefficient (Wildman–Crippen LogP) is 2.75. The quantitative estimate of drug-likeness (QED) is 0.546. The molecule has 0 saturated heterocycles. The van der Waals surface area contributed by atoms with Gasteiger partial charge in [-0.1, -0.05) is 29.5 Å². The predicted molar refractivity (Wildman–Crippen MR) is 88.5 cm³/mol. The van der Waals surface area contributed by atoms with E-state index in [0.717, 1.165) is 16.7 Å². The van der Waals surface area contributed by atoms with E-state index >= 15 is 0 Å². The molecule has 0 radical (unpaired) electrons. The maximum absolute atomic E-state index is 11.3. The number of aryl methyl sites for hydroxylation is 1. The van der Waals surface area contributed by atoms with E-state index in [9.17, 15) is 4.79 Å². The Labute approximate surface area is 140 Å². The molecule has 0 unspecified atom stereocenters. The van der Waals surface area contributed by atoms with Crippen molar-refractivity contribution in [1.82, 2.24) is 14.8 Å². The van der Waals surface area contributed by atoms with E-state index in [1.165, 1.54) is 17.3 Å². The van der Waals surface area contributed by atoms with E-state index in [1.54, 1.807) is 6.92 Å². The number of carbonyl (C=O) groups is 1. The number of benzene rings is 1. The topological polar surface area (TPSA) is 66.2 Å². The molecule has 0 spiro atoms. The average molecular weight is 335 g/mol. The van der Waals surface area contributed by atoms with Crippen LogP contribution >= 0.6 is 11.8 Å². The molecule has 0 aliphatic rings. The first-order valence-corrected chi connectivity index (χ1v) is 8.45. The molecule has 2 rings (SSSR count). The maximum Gasteiger partial charge on any atom is 0.306 e. The summed E-state index contributed by atoms with van der Waals surface area (Å²) in [6.07, 6.45) is 0.362. The number of carbonyl (C=O) groups excluding carboxylic acids is 1. The van der Waals surface area contributed by atoms with Crippen LogP contribution in [0.25, 0.3) is 0 Å². The third-order valence-electron chi connectivity index (χ3n) is 3.16. The molecule has 23 heavy (non-hydrogen) atoms. The van der Waals surface area contributed by atoms with Gasteiger partial charge in [-0.05, 0) is 26.0 Å². The third-order valence-corrected chi connectivity index (χ3v) is 4.18.